The first-order valence-corrected chi connectivity index (χ1v) is 7.90. The molecule has 3 nitrogen and oxygen atoms in total. The van der Waals surface area contributed by atoms with Gasteiger partial charge in [0.05, 0.1) is 12.8 Å². The van der Waals surface area contributed by atoms with Crippen molar-refractivity contribution < 1.29 is 4.42 Å². The zero-order chi connectivity index (χ0) is 14.8. The van der Waals surface area contributed by atoms with Crippen molar-refractivity contribution in [3.63, 3.8) is 0 Å². The quantitative estimate of drug-likeness (QED) is 0.888. The number of furan rings is 1. The van der Waals surface area contributed by atoms with E-state index in [0.29, 0.717) is 0 Å². The van der Waals surface area contributed by atoms with Gasteiger partial charge >= 0.3 is 0 Å². The summed E-state index contributed by atoms with van der Waals surface area (Å²) < 4.78 is 5.74. The Hall–Kier alpha value is -0.800. The van der Waals surface area contributed by atoms with Crippen LogP contribution in [0.15, 0.2) is 16.7 Å². The van der Waals surface area contributed by atoms with Crippen molar-refractivity contribution in [1.82, 2.24) is 10.2 Å². The van der Waals surface area contributed by atoms with Crippen LogP contribution in [0.25, 0.3) is 0 Å². The van der Waals surface area contributed by atoms with E-state index in [4.69, 9.17) is 4.42 Å². The molecule has 1 saturated heterocycles. The fourth-order valence-electron chi connectivity index (χ4n) is 2.97. The van der Waals surface area contributed by atoms with Crippen molar-refractivity contribution in [2.45, 2.75) is 72.1 Å². The molecule has 0 aromatic carbocycles. The van der Waals surface area contributed by atoms with Crippen molar-refractivity contribution in [1.29, 1.82) is 0 Å². The van der Waals surface area contributed by atoms with Crippen LogP contribution in [0.5, 0.6) is 0 Å². The SMILES string of the molecule is CC(C)C1CCCN1Cc1cc(CNC(C)(C)C)co1. The smallest absolute Gasteiger partial charge is 0.118 e. The van der Waals surface area contributed by atoms with Crippen molar-refractivity contribution in [3.8, 4) is 0 Å². The lowest BCUT2D eigenvalue weighted by Gasteiger charge is -2.26. The summed E-state index contributed by atoms with van der Waals surface area (Å²) in [7, 11) is 0. The Morgan fingerprint density at radius 2 is 2.15 bits per heavy atom. The Balaban J connectivity index is 1.89. The van der Waals surface area contributed by atoms with E-state index in [1.54, 1.807) is 0 Å². The molecule has 0 saturated carbocycles. The highest BCUT2D eigenvalue weighted by atomic mass is 16.3. The molecule has 0 radical (unpaired) electrons. The van der Waals surface area contributed by atoms with Crippen molar-refractivity contribution in [2.75, 3.05) is 6.54 Å². The van der Waals surface area contributed by atoms with Gasteiger partial charge < -0.3 is 9.73 Å². The Morgan fingerprint density at radius 1 is 1.40 bits per heavy atom. The molecule has 1 unspecified atom stereocenters. The minimum absolute atomic E-state index is 0.148. The third-order valence-corrected chi connectivity index (χ3v) is 4.07. The number of hydrogen-bond donors (Lipinski definition) is 1. The molecular formula is C17H30N2O. The summed E-state index contributed by atoms with van der Waals surface area (Å²) in [6.45, 7) is 14.2. The van der Waals surface area contributed by atoms with Gasteiger partial charge in [-0.2, -0.15) is 0 Å². The monoisotopic (exact) mass is 278 g/mol. The maximum atomic E-state index is 5.74. The topological polar surface area (TPSA) is 28.4 Å². The van der Waals surface area contributed by atoms with E-state index < -0.39 is 0 Å². The lowest BCUT2D eigenvalue weighted by atomic mass is 10.0. The number of hydrogen-bond acceptors (Lipinski definition) is 3. The van der Waals surface area contributed by atoms with Gasteiger partial charge in [0.2, 0.25) is 0 Å². The van der Waals surface area contributed by atoms with Crippen LogP contribution < -0.4 is 5.32 Å². The highest BCUT2D eigenvalue weighted by molar-refractivity contribution is 5.13. The third-order valence-electron chi connectivity index (χ3n) is 4.07. The molecule has 1 N–H and O–H groups in total. The van der Waals surface area contributed by atoms with Gasteiger partial charge in [0, 0.05) is 23.7 Å². The molecule has 1 aliphatic rings. The summed E-state index contributed by atoms with van der Waals surface area (Å²) in [5.74, 6) is 1.83. The molecular weight excluding hydrogens is 248 g/mol. The van der Waals surface area contributed by atoms with Crippen LogP contribution in [0.2, 0.25) is 0 Å². The average Bonchev–Trinajstić information content (AvgIpc) is 2.95. The Kier molecular flexibility index (Phi) is 4.92. The van der Waals surface area contributed by atoms with Crippen LogP contribution in [-0.2, 0) is 13.1 Å². The second-order valence-corrected chi connectivity index (χ2v) is 7.45. The van der Waals surface area contributed by atoms with E-state index in [1.165, 1.54) is 24.9 Å². The summed E-state index contributed by atoms with van der Waals surface area (Å²) in [5, 5.41) is 3.50. The second-order valence-electron chi connectivity index (χ2n) is 7.45. The van der Waals surface area contributed by atoms with Gasteiger partial charge in [-0.15, -0.1) is 0 Å². The van der Waals surface area contributed by atoms with Gasteiger partial charge in [-0.25, -0.2) is 0 Å². The molecule has 1 aromatic heterocycles. The molecule has 0 amide bonds. The molecule has 0 aliphatic carbocycles. The summed E-state index contributed by atoms with van der Waals surface area (Å²) in [6, 6.07) is 2.92. The molecule has 2 heterocycles. The zero-order valence-electron chi connectivity index (χ0n) is 13.7. The Bertz CT molecular complexity index is 417. The molecule has 1 aromatic rings. The number of likely N-dealkylation sites (tertiary alicyclic amines) is 1. The number of nitrogens with zero attached hydrogens (tertiary/aromatic N) is 1. The summed E-state index contributed by atoms with van der Waals surface area (Å²) in [6.07, 6.45) is 4.55. The Labute approximate surface area is 123 Å². The van der Waals surface area contributed by atoms with Crippen LogP contribution in [0.3, 0.4) is 0 Å². The van der Waals surface area contributed by atoms with Crippen molar-refractivity contribution >= 4 is 0 Å². The predicted octanol–water partition coefficient (Wildman–Crippen LogP) is 3.79. The molecule has 1 aliphatic heterocycles. The minimum atomic E-state index is 0.148. The molecule has 114 valence electrons. The first-order valence-electron chi connectivity index (χ1n) is 7.90. The van der Waals surface area contributed by atoms with Crippen LogP contribution in [0, 0.1) is 5.92 Å². The van der Waals surface area contributed by atoms with E-state index in [9.17, 15) is 0 Å². The minimum Gasteiger partial charge on any atom is -0.468 e. The first-order chi connectivity index (χ1) is 9.35. The van der Waals surface area contributed by atoms with E-state index in [1.807, 2.05) is 6.26 Å². The second kappa shape index (κ2) is 6.31. The predicted molar refractivity (Wildman–Crippen MR) is 83.6 cm³/mol. The van der Waals surface area contributed by atoms with E-state index in [2.05, 4.69) is 50.9 Å². The summed E-state index contributed by atoms with van der Waals surface area (Å²) in [4.78, 5) is 2.57. The molecule has 1 fully saturated rings. The van der Waals surface area contributed by atoms with Crippen molar-refractivity contribution in [3.05, 3.63) is 23.7 Å². The van der Waals surface area contributed by atoms with Gasteiger partial charge in [-0.1, -0.05) is 13.8 Å². The van der Waals surface area contributed by atoms with Crippen LogP contribution in [0.4, 0.5) is 0 Å². The normalized spacial score (nSPS) is 21.0. The maximum absolute atomic E-state index is 5.74. The highest BCUT2D eigenvalue weighted by Gasteiger charge is 2.27. The fourth-order valence-corrected chi connectivity index (χ4v) is 2.97. The van der Waals surface area contributed by atoms with Crippen LogP contribution in [-0.4, -0.2) is 23.0 Å². The molecule has 20 heavy (non-hydrogen) atoms. The number of nitrogens with one attached hydrogen (secondary N) is 1. The standard InChI is InChI=1S/C17H30N2O/c1-13(2)16-7-6-8-19(16)11-15-9-14(12-20-15)10-18-17(3,4)5/h9,12-13,16,18H,6-8,10-11H2,1-5H3. The number of rotatable bonds is 5. The van der Waals surface area contributed by atoms with Gasteiger partial charge in [0.25, 0.3) is 0 Å². The maximum Gasteiger partial charge on any atom is 0.118 e. The molecule has 1 atom stereocenters. The average molecular weight is 278 g/mol. The van der Waals surface area contributed by atoms with E-state index in [0.717, 1.165) is 30.8 Å². The summed E-state index contributed by atoms with van der Waals surface area (Å²) in [5.41, 5.74) is 1.39. The third kappa shape index (κ3) is 4.35. The zero-order valence-corrected chi connectivity index (χ0v) is 13.7. The van der Waals surface area contributed by atoms with Gasteiger partial charge in [0.15, 0.2) is 0 Å². The molecule has 0 spiro atoms. The lowest BCUT2D eigenvalue weighted by molar-refractivity contribution is 0.185. The van der Waals surface area contributed by atoms with E-state index >= 15 is 0 Å². The largest absolute Gasteiger partial charge is 0.468 e. The van der Waals surface area contributed by atoms with Crippen LogP contribution in [0.1, 0.15) is 58.8 Å². The molecule has 2 rings (SSSR count). The van der Waals surface area contributed by atoms with Gasteiger partial charge in [-0.3, -0.25) is 4.90 Å². The first kappa shape index (κ1) is 15.6. The summed E-state index contributed by atoms with van der Waals surface area (Å²) >= 11 is 0. The highest BCUT2D eigenvalue weighted by Crippen LogP contribution is 2.26. The van der Waals surface area contributed by atoms with E-state index in [-0.39, 0.29) is 5.54 Å². The fraction of sp³-hybridized carbons (Fsp3) is 0.765. The van der Waals surface area contributed by atoms with Crippen molar-refractivity contribution in [2.24, 2.45) is 5.92 Å². The molecule has 3 heteroatoms. The Morgan fingerprint density at radius 3 is 2.80 bits per heavy atom. The van der Waals surface area contributed by atoms with Gasteiger partial charge in [-0.05, 0) is 52.1 Å². The van der Waals surface area contributed by atoms with Gasteiger partial charge in [0.1, 0.15) is 5.76 Å². The lowest BCUT2D eigenvalue weighted by Crippen LogP contribution is -2.34. The molecule has 0 bridgehead atoms. The van der Waals surface area contributed by atoms with Crippen LogP contribution >= 0.6 is 0 Å².